The molecule has 1 heterocycles. The van der Waals surface area contributed by atoms with Gasteiger partial charge in [0.25, 0.3) is 0 Å². The van der Waals surface area contributed by atoms with Gasteiger partial charge in [-0.3, -0.25) is 4.68 Å². The lowest BCUT2D eigenvalue weighted by Gasteiger charge is -2.21. The van der Waals surface area contributed by atoms with Crippen LogP contribution < -0.4 is 5.32 Å². The lowest BCUT2D eigenvalue weighted by atomic mass is 10.1. The Morgan fingerprint density at radius 3 is 2.80 bits per heavy atom. The van der Waals surface area contributed by atoms with E-state index in [2.05, 4.69) is 63.6 Å². The van der Waals surface area contributed by atoms with Crippen LogP contribution in [0.5, 0.6) is 0 Å². The summed E-state index contributed by atoms with van der Waals surface area (Å²) in [6.45, 7) is 0. The first-order valence-corrected chi connectivity index (χ1v) is 7.06. The second-order valence-electron chi connectivity index (χ2n) is 5.38. The van der Waals surface area contributed by atoms with Crippen molar-refractivity contribution in [1.82, 2.24) is 15.1 Å². The van der Waals surface area contributed by atoms with E-state index in [-0.39, 0.29) is 0 Å². The maximum Gasteiger partial charge on any atom is 0.0761 e. The van der Waals surface area contributed by atoms with Crippen LogP contribution in [-0.4, -0.2) is 16.8 Å². The van der Waals surface area contributed by atoms with Crippen molar-refractivity contribution in [2.75, 3.05) is 7.05 Å². The van der Waals surface area contributed by atoms with E-state index in [0.29, 0.717) is 12.1 Å². The first-order valence-electron chi connectivity index (χ1n) is 7.06. The average Bonchev–Trinajstić information content (AvgIpc) is 3.07. The zero-order valence-corrected chi connectivity index (χ0v) is 11.5. The van der Waals surface area contributed by atoms with Gasteiger partial charge in [-0.05, 0) is 30.7 Å². The number of nitrogens with one attached hydrogen (secondary N) is 1. The van der Waals surface area contributed by atoms with Crippen molar-refractivity contribution in [2.45, 2.75) is 18.5 Å². The quantitative estimate of drug-likeness (QED) is 0.770. The van der Waals surface area contributed by atoms with Crippen LogP contribution in [0.1, 0.15) is 23.2 Å². The molecule has 1 aromatic heterocycles. The van der Waals surface area contributed by atoms with Gasteiger partial charge < -0.3 is 5.32 Å². The van der Waals surface area contributed by atoms with Crippen LogP contribution >= 0.6 is 0 Å². The molecule has 0 aliphatic heterocycles. The van der Waals surface area contributed by atoms with Crippen LogP contribution in [0, 0.1) is 0 Å². The summed E-state index contributed by atoms with van der Waals surface area (Å²) in [4.78, 5) is 0. The highest BCUT2D eigenvalue weighted by molar-refractivity contribution is 5.78. The second-order valence-corrected chi connectivity index (χ2v) is 5.38. The number of aromatic nitrogens is 2. The van der Waals surface area contributed by atoms with Gasteiger partial charge in [0.2, 0.25) is 0 Å². The summed E-state index contributed by atoms with van der Waals surface area (Å²) in [5.41, 5.74) is 4.04. The molecular weight excluding hydrogens is 246 g/mol. The van der Waals surface area contributed by atoms with E-state index in [1.165, 1.54) is 22.0 Å². The molecule has 3 heteroatoms. The summed E-state index contributed by atoms with van der Waals surface area (Å²) in [6.07, 6.45) is 3.00. The number of rotatable bonds is 2. The lowest BCUT2D eigenvalue weighted by molar-refractivity contribution is 0.381. The number of hydrogen-bond acceptors (Lipinski definition) is 2. The van der Waals surface area contributed by atoms with Crippen molar-refractivity contribution in [3.05, 3.63) is 65.9 Å². The minimum absolute atomic E-state index is 0.328. The second kappa shape index (κ2) is 4.46. The van der Waals surface area contributed by atoms with Crippen molar-refractivity contribution in [3.63, 3.8) is 0 Å². The van der Waals surface area contributed by atoms with Crippen molar-refractivity contribution < 1.29 is 0 Å². The Balaban J connectivity index is 1.84. The van der Waals surface area contributed by atoms with Gasteiger partial charge in [0.05, 0.1) is 23.8 Å². The molecule has 0 saturated heterocycles. The smallest absolute Gasteiger partial charge is 0.0761 e. The number of nitrogens with zero attached hydrogens (tertiary/aromatic N) is 2. The molecule has 0 saturated carbocycles. The zero-order chi connectivity index (χ0) is 13.5. The Morgan fingerprint density at radius 1 is 1.10 bits per heavy atom. The largest absolute Gasteiger partial charge is 0.311 e. The standard InChI is InChI=1S/C17H17N3/c1-18-17-14-8-4-2-6-12(14)10-16(17)20-15-9-5-3-7-13(15)11-19-20/h2-9,11,16-18H,10H2,1H3. The van der Waals surface area contributed by atoms with Gasteiger partial charge in [-0.2, -0.15) is 5.10 Å². The summed E-state index contributed by atoms with van der Waals surface area (Å²) >= 11 is 0. The molecule has 2 aromatic carbocycles. The summed E-state index contributed by atoms with van der Waals surface area (Å²) < 4.78 is 2.18. The molecule has 0 fully saturated rings. The van der Waals surface area contributed by atoms with Crippen LogP contribution in [0.15, 0.2) is 54.7 Å². The van der Waals surface area contributed by atoms with Crippen LogP contribution in [0.4, 0.5) is 0 Å². The lowest BCUT2D eigenvalue weighted by Crippen LogP contribution is -2.25. The number of likely N-dealkylation sites (N-methyl/N-ethyl adjacent to an activating group) is 1. The Morgan fingerprint density at radius 2 is 1.90 bits per heavy atom. The van der Waals surface area contributed by atoms with Gasteiger partial charge in [0.15, 0.2) is 0 Å². The number of fused-ring (bicyclic) bond motifs is 2. The Kier molecular flexibility index (Phi) is 2.60. The summed E-state index contributed by atoms with van der Waals surface area (Å²) in [6, 6.07) is 17.8. The fraction of sp³-hybridized carbons (Fsp3) is 0.235. The fourth-order valence-corrected chi connectivity index (χ4v) is 3.41. The maximum absolute atomic E-state index is 4.64. The highest BCUT2D eigenvalue weighted by Gasteiger charge is 2.33. The average molecular weight is 263 g/mol. The van der Waals surface area contributed by atoms with Gasteiger partial charge in [0, 0.05) is 5.39 Å². The predicted molar refractivity (Wildman–Crippen MR) is 80.7 cm³/mol. The van der Waals surface area contributed by atoms with Gasteiger partial charge >= 0.3 is 0 Å². The molecule has 1 aliphatic carbocycles. The molecule has 20 heavy (non-hydrogen) atoms. The first kappa shape index (κ1) is 11.7. The van der Waals surface area contributed by atoms with Crippen molar-refractivity contribution in [3.8, 4) is 0 Å². The third kappa shape index (κ3) is 1.60. The molecule has 100 valence electrons. The molecule has 3 nitrogen and oxygen atoms in total. The fourth-order valence-electron chi connectivity index (χ4n) is 3.41. The SMILES string of the molecule is CNC1c2ccccc2CC1n1ncc2ccccc21. The molecule has 0 bridgehead atoms. The van der Waals surface area contributed by atoms with Crippen molar-refractivity contribution >= 4 is 10.9 Å². The zero-order valence-electron chi connectivity index (χ0n) is 11.5. The number of para-hydroxylation sites is 1. The van der Waals surface area contributed by atoms with E-state index >= 15 is 0 Å². The molecule has 0 amide bonds. The van der Waals surface area contributed by atoms with Crippen LogP contribution in [0.25, 0.3) is 10.9 Å². The van der Waals surface area contributed by atoms with Gasteiger partial charge in [0.1, 0.15) is 0 Å². The van der Waals surface area contributed by atoms with Gasteiger partial charge in [-0.1, -0.05) is 42.5 Å². The van der Waals surface area contributed by atoms with Crippen LogP contribution in [-0.2, 0) is 6.42 Å². The summed E-state index contributed by atoms with van der Waals surface area (Å²) in [5, 5.41) is 9.30. The minimum Gasteiger partial charge on any atom is -0.311 e. The van der Waals surface area contributed by atoms with E-state index in [1.54, 1.807) is 0 Å². The van der Waals surface area contributed by atoms with E-state index in [1.807, 2.05) is 13.2 Å². The summed E-state index contributed by atoms with van der Waals surface area (Å²) in [5.74, 6) is 0. The minimum atomic E-state index is 0.328. The Hall–Kier alpha value is -2.13. The monoisotopic (exact) mass is 263 g/mol. The molecule has 1 N–H and O–H groups in total. The van der Waals surface area contributed by atoms with Crippen molar-refractivity contribution in [2.24, 2.45) is 0 Å². The Labute approximate surface area is 118 Å². The van der Waals surface area contributed by atoms with Gasteiger partial charge in [-0.25, -0.2) is 0 Å². The molecule has 4 rings (SSSR count). The van der Waals surface area contributed by atoms with Gasteiger partial charge in [-0.15, -0.1) is 0 Å². The van der Waals surface area contributed by atoms with E-state index in [4.69, 9.17) is 0 Å². The molecule has 3 aromatic rings. The first-order chi connectivity index (χ1) is 9.88. The van der Waals surface area contributed by atoms with Crippen LogP contribution in [0.2, 0.25) is 0 Å². The topological polar surface area (TPSA) is 29.9 Å². The predicted octanol–water partition coefficient (Wildman–Crippen LogP) is 3.09. The normalized spacial score (nSPS) is 21.2. The van der Waals surface area contributed by atoms with Crippen LogP contribution in [0.3, 0.4) is 0 Å². The van der Waals surface area contributed by atoms with Crippen molar-refractivity contribution in [1.29, 1.82) is 0 Å². The molecule has 0 spiro atoms. The molecule has 2 atom stereocenters. The molecule has 1 aliphatic rings. The highest BCUT2D eigenvalue weighted by atomic mass is 15.3. The third-order valence-corrected chi connectivity index (χ3v) is 4.33. The third-order valence-electron chi connectivity index (χ3n) is 4.33. The molecule has 0 radical (unpaired) electrons. The summed E-state index contributed by atoms with van der Waals surface area (Å²) in [7, 11) is 2.03. The molecular formula is C17H17N3. The Bertz CT molecular complexity index is 760. The van der Waals surface area contributed by atoms with E-state index in [0.717, 1.165) is 6.42 Å². The highest BCUT2D eigenvalue weighted by Crippen LogP contribution is 2.39. The van der Waals surface area contributed by atoms with E-state index < -0.39 is 0 Å². The number of hydrogen-bond donors (Lipinski definition) is 1. The maximum atomic E-state index is 4.64. The molecule has 2 unspecified atom stereocenters. The number of benzene rings is 2. The van der Waals surface area contributed by atoms with E-state index in [9.17, 15) is 0 Å².